The molecule has 0 spiro atoms. The zero-order valence-electron chi connectivity index (χ0n) is 7.59. The van der Waals surface area contributed by atoms with Crippen molar-refractivity contribution in [3.8, 4) is 5.69 Å². The van der Waals surface area contributed by atoms with Crippen LogP contribution in [-0.4, -0.2) is 15.0 Å². The average molecular weight is 189 g/mol. The fraction of sp³-hybridized carbons (Fsp3) is 0.100. The summed E-state index contributed by atoms with van der Waals surface area (Å²) in [5.74, 6) is 0. The van der Waals surface area contributed by atoms with E-state index >= 15 is 0 Å². The Kier molecular flexibility index (Phi) is 2.58. The quantitative estimate of drug-likeness (QED) is 0.716. The number of nitrogens with one attached hydrogen (secondary N) is 1. The fourth-order valence-electron chi connectivity index (χ4n) is 1.32. The summed E-state index contributed by atoms with van der Waals surface area (Å²) in [5, 5.41) is 12.7. The number of hydroxylamine groups is 1. The molecule has 14 heavy (non-hydrogen) atoms. The molecule has 0 saturated heterocycles. The highest BCUT2D eigenvalue weighted by Crippen LogP contribution is 2.08. The van der Waals surface area contributed by atoms with Crippen LogP contribution >= 0.6 is 0 Å². The van der Waals surface area contributed by atoms with E-state index in [4.69, 9.17) is 5.21 Å². The van der Waals surface area contributed by atoms with Crippen molar-refractivity contribution < 1.29 is 5.21 Å². The lowest BCUT2D eigenvalue weighted by Crippen LogP contribution is -2.06. The number of rotatable bonds is 3. The molecule has 72 valence electrons. The molecule has 2 N–H and O–H groups in total. The van der Waals surface area contributed by atoms with E-state index in [-0.39, 0.29) is 0 Å². The van der Waals surface area contributed by atoms with Gasteiger partial charge in [0.05, 0.1) is 5.69 Å². The van der Waals surface area contributed by atoms with Crippen LogP contribution < -0.4 is 5.48 Å². The van der Waals surface area contributed by atoms with Crippen molar-refractivity contribution in [2.45, 2.75) is 6.54 Å². The van der Waals surface area contributed by atoms with Crippen LogP contribution in [0, 0.1) is 0 Å². The van der Waals surface area contributed by atoms with Crippen LogP contribution in [0.25, 0.3) is 5.69 Å². The Morgan fingerprint density at radius 1 is 1.36 bits per heavy atom. The fourth-order valence-corrected chi connectivity index (χ4v) is 1.32. The molecule has 0 unspecified atom stereocenters. The lowest BCUT2D eigenvalue weighted by Gasteiger charge is -2.03. The highest BCUT2D eigenvalue weighted by atomic mass is 16.5. The van der Waals surface area contributed by atoms with Gasteiger partial charge in [0.2, 0.25) is 0 Å². The van der Waals surface area contributed by atoms with Gasteiger partial charge < -0.3 is 5.21 Å². The number of nitrogens with zero attached hydrogens (tertiary/aromatic N) is 2. The maximum atomic E-state index is 8.57. The van der Waals surface area contributed by atoms with Crippen molar-refractivity contribution in [3.63, 3.8) is 0 Å². The summed E-state index contributed by atoms with van der Waals surface area (Å²) >= 11 is 0. The van der Waals surface area contributed by atoms with Crippen molar-refractivity contribution in [1.82, 2.24) is 15.3 Å². The zero-order valence-corrected chi connectivity index (χ0v) is 7.59. The molecule has 0 aliphatic heterocycles. The van der Waals surface area contributed by atoms with Crippen molar-refractivity contribution in [2.75, 3.05) is 0 Å². The van der Waals surface area contributed by atoms with Crippen LogP contribution in [-0.2, 0) is 6.54 Å². The van der Waals surface area contributed by atoms with Gasteiger partial charge in [-0.15, -0.1) is 0 Å². The molecule has 1 aromatic heterocycles. The summed E-state index contributed by atoms with van der Waals surface area (Å²) < 4.78 is 1.78. The van der Waals surface area contributed by atoms with Crippen LogP contribution in [0.15, 0.2) is 42.7 Å². The first-order chi connectivity index (χ1) is 6.90. The van der Waals surface area contributed by atoms with Gasteiger partial charge in [-0.25, -0.2) is 10.2 Å². The Bertz CT molecular complexity index is 398. The first-order valence-electron chi connectivity index (χ1n) is 4.36. The van der Waals surface area contributed by atoms with Gasteiger partial charge >= 0.3 is 0 Å². The lowest BCUT2D eigenvalue weighted by atomic mass is 10.2. The molecule has 0 aliphatic rings. The lowest BCUT2D eigenvalue weighted by molar-refractivity contribution is 0.161. The standard InChI is InChI=1S/C10H11N3O/c14-12-8-9-3-1-4-10(7-9)13-6-2-5-11-13/h1-7,12,14H,8H2. The molecule has 2 rings (SSSR count). The Labute approximate surface area is 81.8 Å². The second-order valence-corrected chi connectivity index (χ2v) is 2.96. The highest BCUT2D eigenvalue weighted by molar-refractivity contribution is 5.34. The number of hydrogen-bond acceptors (Lipinski definition) is 3. The van der Waals surface area contributed by atoms with E-state index in [0.29, 0.717) is 6.54 Å². The molecule has 0 amide bonds. The van der Waals surface area contributed by atoms with E-state index in [1.54, 1.807) is 10.9 Å². The molecular weight excluding hydrogens is 178 g/mol. The molecule has 0 bridgehead atoms. The van der Waals surface area contributed by atoms with E-state index in [1.807, 2.05) is 36.5 Å². The van der Waals surface area contributed by atoms with Gasteiger partial charge in [-0.05, 0) is 23.8 Å². The molecule has 0 fully saturated rings. The Morgan fingerprint density at radius 3 is 3.00 bits per heavy atom. The van der Waals surface area contributed by atoms with Crippen LogP contribution in [0.5, 0.6) is 0 Å². The molecular formula is C10H11N3O. The van der Waals surface area contributed by atoms with E-state index in [0.717, 1.165) is 11.3 Å². The van der Waals surface area contributed by atoms with Crippen molar-refractivity contribution in [1.29, 1.82) is 0 Å². The van der Waals surface area contributed by atoms with Gasteiger partial charge in [0, 0.05) is 18.9 Å². The van der Waals surface area contributed by atoms with Gasteiger partial charge in [-0.3, -0.25) is 0 Å². The third-order valence-corrected chi connectivity index (χ3v) is 1.96. The van der Waals surface area contributed by atoms with Crippen LogP contribution in [0.2, 0.25) is 0 Å². The van der Waals surface area contributed by atoms with E-state index in [2.05, 4.69) is 10.6 Å². The van der Waals surface area contributed by atoms with Gasteiger partial charge in [-0.1, -0.05) is 12.1 Å². The maximum Gasteiger partial charge on any atom is 0.0648 e. The Hall–Kier alpha value is -1.65. The average Bonchev–Trinajstić information content (AvgIpc) is 2.71. The highest BCUT2D eigenvalue weighted by Gasteiger charge is 1.97. The Morgan fingerprint density at radius 2 is 2.29 bits per heavy atom. The third-order valence-electron chi connectivity index (χ3n) is 1.96. The molecule has 0 saturated carbocycles. The predicted octanol–water partition coefficient (Wildman–Crippen LogP) is 1.35. The van der Waals surface area contributed by atoms with E-state index < -0.39 is 0 Å². The number of benzene rings is 1. The van der Waals surface area contributed by atoms with Crippen molar-refractivity contribution in [3.05, 3.63) is 48.3 Å². The third kappa shape index (κ3) is 1.81. The summed E-state index contributed by atoms with van der Waals surface area (Å²) in [7, 11) is 0. The summed E-state index contributed by atoms with van der Waals surface area (Å²) in [6.45, 7) is 0.440. The van der Waals surface area contributed by atoms with E-state index in [1.165, 1.54) is 0 Å². The summed E-state index contributed by atoms with van der Waals surface area (Å²) in [6.07, 6.45) is 3.61. The molecule has 4 nitrogen and oxygen atoms in total. The molecule has 0 atom stereocenters. The smallest absolute Gasteiger partial charge is 0.0648 e. The van der Waals surface area contributed by atoms with Crippen molar-refractivity contribution in [2.24, 2.45) is 0 Å². The monoisotopic (exact) mass is 189 g/mol. The van der Waals surface area contributed by atoms with Crippen molar-refractivity contribution >= 4 is 0 Å². The molecule has 1 aromatic carbocycles. The van der Waals surface area contributed by atoms with Gasteiger partial charge in [0.15, 0.2) is 0 Å². The minimum Gasteiger partial charge on any atom is -0.316 e. The van der Waals surface area contributed by atoms with Gasteiger partial charge in [0.1, 0.15) is 0 Å². The van der Waals surface area contributed by atoms with Gasteiger partial charge in [-0.2, -0.15) is 5.10 Å². The van der Waals surface area contributed by atoms with Crippen LogP contribution in [0.1, 0.15) is 5.56 Å². The molecule has 1 heterocycles. The summed E-state index contributed by atoms with van der Waals surface area (Å²) in [5.41, 5.74) is 4.13. The van der Waals surface area contributed by atoms with Gasteiger partial charge in [0.25, 0.3) is 0 Å². The first-order valence-corrected chi connectivity index (χ1v) is 4.36. The summed E-state index contributed by atoms with van der Waals surface area (Å²) in [6, 6.07) is 9.68. The first kappa shape index (κ1) is 8.93. The second kappa shape index (κ2) is 4.04. The SMILES string of the molecule is ONCc1cccc(-n2cccn2)c1. The predicted molar refractivity (Wildman–Crippen MR) is 52.2 cm³/mol. The molecule has 0 aliphatic carbocycles. The largest absolute Gasteiger partial charge is 0.316 e. The Balaban J connectivity index is 2.31. The topological polar surface area (TPSA) is 50.1 Å². The normalized spacial score (nSPS) is 10.4. The maximum absolute atomic E-state index is 8.57. The molecule has 0 radical (unpaired) electrons. The number of aromatic nitrogens is 2. The second-order valence-electron chi connectivity index (χ2n) is 2.96. The minimum atomic E-state index is 0.440. The van der Waals surface area contributed by atoms with Crippen LogP contribution in [0.3, 0.4) is 0 Å². The number of hydrogen-bond donors (Lipinski definition) is 2. The van der Waals surface area contributed by atoms with E-state index in [9.17, 15) is 0 Å². The molecule has 2 aromatic rings. The van der Waals surface area contributed by atoms with Crippen LogP contribution in [0.4, 0.5) is 0 Å². The molecule has 4 heteroatoms. The minimum absolute atomic E-state index is 0.440. The summed E-state index contributed by atoms with van der Waals surface area (Å²) in [4.78, 5) is 0. The zero-order chi connectivity index (χ0) is 9.80.